The first-order chi connectivity index (χ1) is 11.3. The highest BCUT2D eigenvalue weighted by molar-refractivity contribution is 7.22. The minimum absolute atomic E-state index is 0.994. The molecular weight excluding hydrogens is 304 g/mol. The van der Waals surface area contributed by atoms with Gasteiger partial charge in [0.2, 0.25) is 0 Å². The third kappa shape index (κ3) is 2.77. The fraction of sp³-hybridized carbons (Fsp3) is 0.333. The second kappa shape index (κ2) is 6.16. The number of para-hydroxylation sites is 1. The fourth-order valence-corrected chi connectivity index (χ4v) is 4.15. The summed E-state index contributed by atoms with van der Waals surface area (Å²) in [6.07, 6.45) is 2.90. The summed E-state index contributed by atoms with van der Waals surface area (Å²) in [6, 6.07) is 12.6. The highest BCUT2D eigenvalue weighted by atomic mass is 32.1. The van der Waals surface area contributed by atoms with Crippen LogP contribution in [0.5, 0.6) is 0 Å². The normalized spacial score (nSPS) is 15.3. The summed E-state index contributed by atoms with van der Waals surface area (Å²) in [6.45, 7) is 6.18. The number of hydrogen-bond donors (Lipinski definition) is 0. The second-order valence-corrected chi connectivity index (χ2v) is 6.79. The minimum Gasteiger partial charge on any atom is -0.353 e. The summed E-state index contributed by atoms with van der Waals surface area (Å²) >= 11 is 1.81. The molecule has 0 amide bonds. The predicted octanol–water partition coefficient (Wildman–Crippen LogP) is 3.58. The molecule has 5 heteroatoms. The molecule has 1 aliphatic rings. The number of pyridine rings is 1. The molecule has 0 bridgehead atoms. The Bertz CT molecular complexity index is 791. The average molecular weight is 324 g/mol. The Morgan fingerprint density at radius 3 is 2.57 bits per heavy atom. The zero-order chi connectivity index (χ0) is 15.6. The summed E-state index contributed by atoms with van der Waals surface area (Å²) in [4.78, 5) is 14.1. The van der Waals surface area contributed by atoms with Crippen molar-refractivity contribution in [3.63, 3.8) is 0 Å². The van der Waals surface area contributed by atoms with Crippen molar-refractivity contribution >= 4 is 32.5 Å². The molecule has 23 heavy (non-hydrogen) atoms. The Labute approximate surface area is 140 Å². The van der Waals surface area contributed by atoms with E-state index in [4.69, 9.17) is 4.98 Å². The monoisotopic (exact) mass is 324 g/mol. The third-order valence-corrected chi connectivity index (χ3v) is 5.48. The number of fused-ring (bicyclic) bond motifs is 1. The predicted molar refractivity (Wildman–Crippen MR) is 97.7 cm³/mol. The van der Waals surface area contributed by atoms with Crippen LogP contribution >= 0.6 is 11.3 Å². The van der Waals surface area contributed by atoms with Gasteiger partial charge in [-0.1, -0.05) is 36.5 Å². The number of nitrogens with zero attached hydrogens (tertiary/aromatic N) is 4. The lowest BCUT2D eigenvalue weighted by Crippen LogP contribution is -2.46. The molecule has 4 nitrogen and oxygen atoms in total. The smallest absolute Gasteiger partial charge is 0.186 e. The lowest BCUT2D eigenvalue weighted by molar-refractivity contribution is 0.646. The number of hydrogen-bond acceptors (Lipinski definition) is 5. The Morgan fingerprint density at radius 1 is 1.00 bits per heavy atom. The minimum atomic E-state index is 0.994. The molecule has 3 heterocycles. The van der Waals surface area contributed by atoms with E-state index >= 15 is 0 Å². The van der Waals surface area contributed by atoms with Gasteiger partial charge in [-0.3, -0.25) is 0 Å². The molecule has 2 aromatic heterocycles. The van der Waals surface area contributed by atoms with Gasteiger partial charge >= 0.3 is 0 Å². The van der Waals surface area contributed by atoms with Crippen LogP contribution in [-0.4, -0.2) is 36.1 Å². The van der Waals surface area contributed by atoms with E-state index in [1.165, 1.54) is 15.8 Å². The lowest BCUT2D eigenvalue weighted by atomic mass is 10.1. The van der Waals surface area contributed by atoms with Crippen molar-refractivity contribution in [1.29, 1.82) is 0 Å². The van der Waals surface area contributed by atoms with Crippen LogP contribution in [0, 0.1) is 0 Å². The third-order valence-electron chi connectivity index (χ3n) is 4.40. The quantitative estimate of drug-likeness (QED) is 0.737. The van der Waals surface area contributed by atoms with Crippen LogP contribution < -0.4 is 9.80 Å². The van der Waals surface area contributed by atoms with Gasteiger partial charge in [0.15, 0.2) is 5.13 Å². The van der Waals surface area contributed by atoms with Crippen molar-refractivity contribution in [3.8, 4) is 0 Å². The van der Waals surface area contributed by atoms with Crippen molar-refractivity contribution in [2.45, 2.75) is 13.3 Å². The average Bonchev–Trinajstić information content (AvgIpc) is 3.07. The van der Waals surface area contributed by atoms with E-state index < -0.39 is 0 Å². The zero-order valence-corrected chi connectivity index (χ0v) is 14.1. The molecule has 0 atom stereocenters. The summed E-state index contributed by atoms with van der Waals surface area (Å²) in [5, 5.41) is 1.15. The Balaban J connectivity index is 1.52. The van der Waals surface area contributed by atoms with Gasteiger partial charge in [-0.15, -0.1) is 0 Å². The maximum Gasteiger partial charge on any atom is 0.186 e. The number of aryl methyl sites for hydroxylation is 1. The molecule has 0 spiro atoms. The molecule has 1 aliphatic heterocycles. The van der Waals surface area contributed by atoms with E-state index in [1.807, 2.05) is 23.6 Å². The van der Waals surface area contributed by atoms with Gasteiger partial charge in [0.1, 0.15) is 5.82 Å². The zero-order valence-electron chi connectivity index (χ0n) is 13.3. The van der Waals surface area contributed by atoms with Crippen LogP contribution in [0.25, 0.3) is 10.2 Å². The van der Waals surface area contributed by atoms with Crippen LogP contribution in [0.15, 0.2) is 42.6 Å². The van der Waals surface area contributed by atoms with Gasteiger partial charge in [-0.25, -0.2) is 9.97 Å². The number of benzene rings is 1. The van der Waals surface area contributed by atoms with E-state index in [1.54, 1.807) is 0 Å². The Kier molecular flexibility index (Phi) is 3.87. The topological polar surface area (TPSA) is 32.3 Å². The van der Waals surface area contributed by atoms with Crippen molar-refractivity contribution in [2.24, 2.45) is 0 Å². The molecule has 118 valence electrons. The summed E-state index contributed by atoms with van der Waals surface area (Å²) in [5.41, 5.74) is 2.53. The van der Waals surface area contributed by atoms with E-state index in [0.717, 1.165) is 43.5 Å². The van der Waals surface area contributed by atoms with E-state index in [-0.39, 0.29) is 0 Å². The highest BCUT2D eigenvalue weighted by Gasteiger charge is 2.20. The molecule has 0 radical (unpaired) electrons. The molecule has 3 aromatic rings. The molecule has 1 fully saturated rings. The second-order valence-electron chi connectivity index (χ2n) is 5.78. The Hall–Kier alpha value is -2.14. The first-order valence-electron chi connectivity index (χ1n) is 8.14. The van der Waals surface area contributed by atoms with E-state index in [2.05, 4.69) is 52.0 Å². The van der Waals surface area contributed by atoms with E-state index in [0.29, 0.717) is 0 Å². The van der Waals surface area contributed by atoms with Crippen LogP contribution in [0.4, 0.5) is 10.9 Å². The highest BCUT2D eigenvalue weighted by Crippen LogP contribution is 2.31. The fourth-order valence-electron chi connectivity index (χ4n) is 3.08. The summed E-state index contributed by atoms with van der Waals surface area (Å²) < 4.78 is 1.30. The van der Waals surface area contributed by atoms with Crippen LogP contribution in [-0.2, 0) is 6.42 Å². The van der Waals surface area contributed by atoms with Crippen LogP contribution in [0.3, 0.4) is 0 Å². The van der Waals surface area contributed by atoms with E-state index in [9.17, 15) is 0 Å². The SMILES string of the molecule is CCc1cccc2sc(N3CCN(c4ccccn4)CC3)nc12. The van der Waals surface area contributed by atoms with Crippen molar-refractivity contribution < 1.29 is 0 Å². The molecular formula is C18H20N4S. The molecule has 0 aliphatic carbocycles. The summed E-state index contributed by atoms with van der Waals surface area (Å²) in [5.74, 6) is 1.07. The maximum atomic E-state index is 4.92. The van der Waals surface area contributed by atoms with Gasteiger partial charge in [0, 0.05) is 32.4 Å². The molecule has 0 unspecified atom stereocenters. The van der Waals surface area contributed by atoms with Crippen LogP contribution in [0.1, 0.15) is 12.5 Å². The molecule has 1 aromatic carbocycles. The summed E-state index contributed by atoms with van der Waals surface area (Å²) in [7, 11) is 0. The first kappa shape index (κ1) is 14.5. The number of aromatic nitrogens is 2. The maximum absolute atomic E-state index is 4.92. The number of piperazine rings is 1. The van der Waals surface area contributed by atoms with Gasteiger partial charge in [0.25, 0.3) is 0 Å². The standard InChI is InChI=1S/C18H20N4S/c1-2-14-6-5-7-15-17(14)20-18(23-15)22-12-10-21(11-13-22)16-8-3-4-9-19-16/h3-9H,2,10-13H2,1H3. The Morgan fingerprint density at radius 2 is 1.83 bits per heavy atom. The van der Waals surface area contributed by atoms with Gasteiger partial charge in [0.05, 0.1) is 10.2 Å². The van der Waals surface area contributed by atoms with Crippen molar-refractivity contribution in [2.75, 3.05) is 36.0 Å². The molecule has 1 saturated heterocycles. The number of rotatable bonds is 3. The van der Waals surface area contributed by atoms with Gasteiger partial charge in [-0.05, 0) is 30.2 Å². The first-order valence-corrected chi connectivity index (χ1v) is 8.96. The number of thiazole rings is 1. The van der Waals surface area contributed by atoms with Crippen LogP contribution in [0.2, 0.25) is 0 Å². The van der Waals surface area contributed by atoms with Crippen molar-refractivity contribution in [1.82, 2.24) is 9.97 Å². The number of anilines is 2. The van der Waals surface area contributed by atoms with Gasteiger partial charge in [-0.2, -0.15) is 0 Å². The molecule has 4 rings (SSSR count). The lowest BCUT2D eigenvalue weighted by Gasteiger charge is -2.35. The largest absolute Gasteiger partial charge is 0.353 e. The van der Waals surface area contributed by atoms with Gasteiger partial charge < -0.3 is 9.80 Å². The molecule has 0 saturated carbocycles. The molecule has 0 N–H and O–H groups in total. The van der Waals surface area contributed by atoms with Crippen molar-refractivity contribution in [3.05, 3.63) is 48.2 Å².